The summed E-state index contributed by atoms with van der Waals surface area (Å²) >= 11 is 13.0. The molecule has 0 radical (unpaired) electrons. The van der Waals surface area contributed by atoms with Crippen molar-refractivity contribution in [1.29, 1.82) is 0 Å². The smallest absolute Gasteiger partial charge is 0.408 e. The number of nitrogens with two attached hydrogens (primary N) is 1. The normalized spacial score (nSPS) is 27.9. The number of piperidine rings is 1. The minimum Gasteiger partial charge on any atom is -0.444 e. The van der Waals surface area contributed by atoms with Crippen LogP contribution in [-0.2, 0) is 23.9 Å². The summed E-state index contributed by atoms with van der Waals surface area (Å²) in [5.74, 6) is -3.75. The molecule has 1 aliphatic heterocycles. The monoisotopic (exact) mass is 586 g/mol. The number of carbonyl (C=O) groups is 5. The lowest BCUT2D eigenvalue weighted by Gasteiger charge is -2.37. The van der Waals surface area contributed by atoms with Gasteiger partial charge in [-0.15, -0.1) is 23.2 Å². The lowest BCUT2D eigenvalue weighted by molar-refractivity contribution is -0.144. The number of hydrogen-bond acceptors (Lipinski definition) is 6. The first-order valence-electron chi connectivity index (χ1n) is 14.0. The highest BCUT2D eigenvalue weighted by Crippen LogP contribution is 2.65. The summed E-state index contributed by atoms with van der Waals surface area (Å²) < 4.78 is 4.25. The number of primary amides is 1. The number of nitrogens with zero attached hydrogens (tertiary/aromatic N) is 1. The summed E-state index contributed by atoms with van der Waals surface area (Å²) in [5, 5.41) is 5.48. The Kier molecular flexibility index (Phi) is 8.76. The van der Waals surface area contributed by atoms with Gasteiger partial charge >= 0.3 is 6.09 Å². The van der Waals surface area contributed by atoms with Crippen molar-refractivity contribution in [3.05, 3.63) is 0 Å². The number of amides is 4. The third-order valence-electron chi connectivity index (χ3n) is 8.61. The van der Waals surface area contributed by atoms with E-state index in [2.05, 4.69) is 10.6 Å². The van der Waals surface area contributed by atoms with Gasteiger partial charge in [-0.2, -0.15) is 0 Å². The molecule has 0 aromatic heterocycles. The summed E-state index contributed by atoms with van der Waals surface area (Å²) in [6, 6.07) is -3.01. The fourth-order valence-electron chi connectivity index (χ4n) is 6.32. The Labute approximate surface area is 239 Å². The predicted octanol–water partition coefficient (Wildman–Crippen LogP) is 2.82. The number of alkyl halides is 2. The summed E-state index contributed by atoms with van der Waals surface area (Å²) in [4.78, 5) is 66.2. The van der Waals surface area contributed by atoms with E-state index in [1.807, 2.05) is 0 Å². The van der Waals surface area contributed by atoms with E-state index < -0.39 is 63.6 Å². The maximum absolute atomic E-state index is 14.0. The van der Waals surface area contributed by atoms with Gasteiger partial charge in [-0.25, -0.2) is 4.79 Å². The van der Waals surface area contributed by atoms with E-state index in [-0.39, 0.29) is 24.3 Å². The fraction of sp³-hybridized carbons (Fsp3) is 0.815. The molecule has 0 aromatic carbocycles. The number of nitrogens with one attached hydrogen (secondary N) is 2. The van der Waals surface area contributed by atoms with Crippen LogP contribution in [0.4, 0.5) is 4.79 Å². The van der Waals surface area contributed by atoms with Gasteiger partial charge in [-0.1, -0.05) is 38.5 Å². The predicted molar refractivity (Wildman–Crippen MR) is 145 cm³/mol. The van der Waals surface area contributed by atoms with Gasteiger partial charge in [0.05, 0.1) is 6.04 Å². The van der Waals surface area contributed by atoms with E-state index in [0.717, 1.165) is 51.4 Å². The number of hydrogen-bond donors (Lipinski definition) is 3. The molecular formula is C27H40Cl2N4O6. The number of ketones is 1. The summed E-state index contributed by atoms with van der Waals surface area (Å²) in [6.07, 6.45) is 6.89. The van der Waals surface area contributed by atoms with Gasteiger partial charge in [0.2, 0.25) is 17.6 Å². The van der Waals surface area contributed by atoms with Crippen LogP contribution in [0.3, 0.4) is 0 Å². The molecule has 0 bridgehead atoms. The Morgan fingerprint density at radius 1 is 1.00 bits per heavy atom. The molecule has 1 unspecified atom stereocenters. The van der Waals surface area contributed by atoms with E-state index in [1.54, 1.807) is 20.8 Å². The minimum atomic E-state index is -1.19. The van der Waals surface area contributed by atoms with Gasteiger partial charge in [0, 0.05) is 18.4 Å². The quantitative estimate of drug-likeness (QED) is 0.279. The van der Waals surface area contributed by atoms with Crippen molar-refractivity contribution in [2.45, 2.75) is 107 Å². The van der Waals surface area contributed by atoms with Crippen LogP contribution in [0.1, 0.15) is 78.6 Å². The molecule has 4 rings (SSSR count). The Morgan fingerprint density at radius 2 is 1.64 bits per heavy atom. The number of Topliss-reactive ketones (excluding diaryl/α,β-unsaturated/α-hetero) is 1. The van der Waals surface area contributed by atoms with Crippen LogP contribution in [0.5, 0.6) is 0 Å². The number of halogens is 2. The molecule has 4 amide bonds. The highest BCUT2D eigenvalue weighted by molar-refractivity contribution is 6.51. The van der Waals surface area contributed by atoms with Crippen molar-refractivity contribution in [1.82, 2.24) is 15.5 Å². The zero-order valence-electron chi connectivity index (χ0n) is 22.8. The molecule has 4 N–H and O–H groups in total. The van der Waals surface area contributed by atoms with Crippen molar-refractivity contribution < 1.29 is 28.7 Å². The van der Waals surface area contributed by atoms with Crippen LogP contribution in [0.2, 0.25) is 0 Å². The van der Waals surface area contributed by atoms with Gasteiger partial charge in [-0.3, -0.25) is 19.2 Å². The van der Waals surface area contributed by atoms with Crippen molar-refractivity contribution in [3.8, 4) is 0 Å². The molecule has 5 atom stereocenters. The second-order valence-corrected chi connectivity index (χ2v) is 14.0. The molecule has 4 fully saturated rings. The van der Waals surface area contributed by atoms with Crippen molar-refractivity contribution in [2.75, 3.05) is 6.54 Å². The molecule has 1 saturated heterocycles. The summed E-state index contributed by atoms with van der Waals surface area (Å²) in [7, 11) is 0. The molecule has 3 saturated carbocycles. The number of alkyl carbamates (subject to hydrolysis) is 1. The van der Waals surface area contributed by atoms with Gasteiger partial charge in [0.1, 0.15) is 22.0 Å². The Bertz CT molecular complexity index is 1000. The molecule has 218 valence electrons. The third kappa shape index (κ3) is 6.64. The largest absolute Gasteiger partial charge is 0.444 e. The molecule has 4 aliphatic rings. The first-order valence-corrected chi connectivity index (χ1v) is 14.8. The summed E-state index contributed by atoms with van der Waals surface area (Å²) in [5.41, 5.74) is 4.52. The maximum Gasteiger partial charge on any atom is 0.408 e. The lowest BCUT2D eigenvalue weighted by Crippen LogP contribution is -2.60. The third-order valence-corrected chi connectivity index (χ3v) is 9.68. The highest BCUT2D eigenvalue weighted by atomic mass is 35.5. The zero-order valence-corrected chi connectivity index (χ0v) is 24.4. The van der Waals surface area contributed by atoms with Crippen LogP contribution >= 0.6 is 23.2 Å². The van der Waals surface area contributed by atoms with Crippen molar-refractivity contribution in [3.63, 3.8) is 0 Å². The molecule has 0 spiro atoms. The number of fused-ring (bicyclic) bond motifs is 1. The minimum absolute atomic E-state index is 0.112. The molecule has 0 aromatic rings. The molecule has 10 nitrogen and oxygen atoms in total. The number of likely N-dealkylation sites (tertiary alicyclic amines) is 1. The molecule has 3 aliphatic carbocycles. The van der Waals surface area contributed by atoms with E-state index >= 15 is 0 Å². The Balaban J connectivity index is 1.55. The van der Waals surface area contributed by atoms with E-state index in [1.165, 1.54) is 4.90 Å². The van der Waals surface area contributed by atoms with Gasteiger partial charge < -0.3 is 26.0 Å². The topological polar surface area (TPSA) is 148 Å². The summed E-state index contributed by atoms with van der Waals surface area (Å²) in [6.45, 7) is 5.37. The molecule has 12 heteroatoms. The average molecular weight is 588 g/mol. The average Bonchev–Trinajstić information content (AvgIpc) is 3.15. The van der Waals surface area contributed by atoms with Crippen molar-refractivity contribution in [2.24, 2.45) is 29.4 Å². The standard InChI is InChI=1S/C27H40Cl2N4O6/c1-26(2,3)39-25(38)32-19(15-10-5-4-6-11-15)24(37)33-13-16-18(27(16,28)29)20(33)23(36)31-17(21(34)22(30)35)12-14-8-7-9-14/h14-20H,4-13H2,1-3H3,(H2,30,35)(H,31,36)(H,32,38)/t16-,17?,18-,19-,20-/m0/s1. The highest BCUT2D eigenvalue weighted by Gasteiger charge is 2.74. The van der Waals surface area contributed by atoms with E-state index in [4.69, 9.17) is 33.7 Å². The first kappa shape index (κ1) is 29.9. The molecule has 39 heavy (non-hydrogen) atoms. The van der Waals surface area contributed by atoms with Crippen LogP contribution in [0, 0.1) is 23.7 Å². The molecule has 1 heterocycles. The van der Waals surface area contributed by atoms with Crippen LogP contribution < -0.4 is 16.4 Å². The molecular weight excluding hydrogens is 547 g/mol. The van der Waals surface area contributed by atoms with E-state index in [9.17, 15) is 24.0 Å². The first-order chi connectivity index (χ1) is 18.2. The lowest BCUT2D eigenvalue weighted by atomic mass is 9.80. The number of carbonyl (C=O) groups excluding carboxylic acids is 5. The second kappa shape index (κ2) is 11.4. The van der Waals surface area contributed by atoms with Gasteiger partial charge in [0.15, 0.2) is 0 Å². The zero-order chi connectivity index (χ0) is 28.7. The maximum atomic E-state index is 14.0. The van der Waals surface area contributed by atoms with Gasteiger partial charge in [-0.05, 0) is 51.9 Å². The fourth-order valence-corrected chi connectivity index (χ4v) is 7.14. The van der Waals surface area contributed by atoms with E-state index in [0.29, 0.717) is 6.42 Å². The van der Waals surface area contributed by atoms with Crippen LogP contribution in [-0.4, -0.2) is 69.1 Å². The Hall–Kier alpha value is -2.07. The number of rotatable bonds is 9. The Morgan fingerprint density at radius 3 is 2.18 bits per heavy atom. The van der Waals surface area contributed by atoms with Crippen LogP contribution in [0.25, 0.3) is 0 Å². The SMILES string of the molecule is CC(C)(C)OC(=O)N[C@H](C(=O)N1C[C@H]2[C@@H]([C@H]1C(=O)NC(CC1CCC1)C(=O)C(N)=O)C2(Cl)Cl)C1CCCCC1. The second-order valence-electron chi connectivity index (χ2n) is 12.6. The number of ether oxygens (including phenoxy) is 1. The van der Waals surface area contributed by atoms with Crippen molar-refractivity contribution >= 4 is 52.8 Å². The van der Waals surface area contributed by atoms with Gasteiger partial charge in [0.25, 0.3) is 5.91 Å². The van der Waals surface area contributed by atoms with Crippen LogP contribution in [0.15, 0.2) is 0 Å².